The molecule has 0 amide bonds. The predicted octanol–water partition coefficient (Wildman–Crippen LogP) is 3.72. The average Bonchev–Trinajstić information content (AvgIpc) is 2.91. The molecule has 104 valence electrons. The third-order valence-corrected chi connectivity index (χ3v) is 3.52. The van der Waals surface area contributed by atoms with Gasteiger partial charge >= 0.3 is 0 Å². The van der Waals surface area contributed by atoms with Gasteiger partial charge < -0.3 is 9.72 Å². The minimum atomic E-state index is -0.177. The van der Waals surface area contributed by atoms with E-state index in [-0.39, 0.29) is 5.92 Å². The molecule has 1 unspecified atom stereocenters. The molecule has 4 heteroatoms. The summed E-state index contributed by atoms with van der Waals surface area (Å²) < 4.78 is 5.33. The number of aromatic amines is 1. The number of aromatic nitrogens is 2. The van der Waals surface area contributed by atoms with Crippen LogP contribution in [0.15, 0.2) is 18.3 Å². The molecule has 1 aromatic heterocycles. The van der Waals surface area contributed by atoms with Crippen LogP contribution in [0, 0.1) is 25.2 Å². The molecule has 0 aliphatic rings. The molecule has 1 aromatic carbocycles. The van der Waals surface area contributed by atoms with Crippen LogP contribution in [0.3, 0.4) is 0 Å². The van der Waals surface area contributed by atoms with E-state index < -0.39 is 0 Å². The molecule has 0 aliphatic heterocycles. The fourth-order valence-corrected chi connectivity index (χ4v) is 2.30. The summed E-state index contributed by atoms with van der Waals surface area (Å²) in [5.41, 5.74) is 4.23. The Bertz CT molecular complexity index is 652. The van der Waals surface area contributed by atoms with Crippen LogP contribution in [0.25, 0.3) is 11.3 Å². The molecule has 0 saturated carbocycles. The van der Waals surface area contributed by atoms with Crippen LogP contribution in [-0.4, -0.2) is 17.1 Å². The molecule has 2 rings (SSSR count). The van der Waals surface area contributed by atoms with Crippen molar-refractivity contribution in [1.29, 1.82) is 5.26 Å². The van der Waals surface area contributed by atoms with Crippen LogP contribution in [0.4, 0.5) is 0 Å². The van der Waals surface area contributed by atoms with Gasteiger partial charge in [0.05, 0.1) is 25.1 Å². The first kappa shape index (κ1) is 14.1. The van der Waals surface area contributed by atoms with Gasteiger partial charge in [0.25, 0.3) is 0 Å². The van der Waals surface area contributed by atoms with Crippen LogP contribution >= 0.6 is 0 Å². The number of methoxy groups -OCH3 is 1. The molecule has 0 fully saturated rings. The van der Waals surface area contributed by atoms with Crippen molar-refractivity contribution in [1.82, 2.24) is 9.97 Å². The number of aryl methyl sites for hydroxylation is 2. The second-order valence-corrected chi connectivity index (χ2v) is 4.91. The summed E-state index contributed by atoms with van der Waals surface area (Å²) in [6.07, 6.45) is 2.55. The molecule has 0 radical (unpaired) electrons. The van der Waals surface area contributed by atoms with Crippen LogP contribution in [-0.2, 0) is 0 Å². The number of H-pyrrole nitrogens is 1. The average molecular weight is 269 g/mol. The highest BCUT2D eigenvalue weighted by Gasteiger charge is 2.14. The zero-order chi connectivity index (χ0) is 14.7. The zero-order valence-corrected chi connectivity index (χ0v) is 12.3. The topological polar surface area (TPSA) is 61.7 Å². The van der Waals surface area contributed by atoms with Gasteiger partial charge in [-0.05, 0) is 43.5 Å². The monoisotopic (exact) mass is 269 g/mol. The molecule has 0 bridgehead atoms. The highest BCUT2D eigenvalue weighted by atomic mass is 16.5. The molecule has 2 aromatic rings. The summed E-state index contributed by atoms with van der Waals surface area (Å²) in [4.78, 5) is 7.60. The normalized spacial score (nSPS) is 11.9. The first-order valence-electron chi connectivity index (χ1n) is 6.70. The quantitative estimate of drug-likeness (QED) is 0.920. The van der Waals surface area contributed by atoms with Gasteiger partial charge in [-0.3, -0.25) is 0 Å². The van der Waals surface area contributed by atoms with Crippen LogP contribution in [0.5, 0.6) is 5.75 Å². The van der Waals surface area contributed by atoms with E-state index in [1.54, 1.807) is 13.3 Å². The Kier molecular flexibility index (Phi) is 4.09. The SMILES string of the molecule is CCC(C#N)c1ncc(-c2cc(C)c(OC)cc2C)[nH]1. The zero-order valence-electron chi connectivity index (χ0n) is 12.3. The molecular formula is C16H19N3O. The van der Waals surface area contributed by atoms with Gasteiger partial charge in [-0.15, -0.1) is 0 Å². The summed E-state index contributed by atoms with van der Waals surface area (Å²) in [7, 11) is 1.68. The largest absolute Gasteiger partial charge is 0.496 e. The molecule has 0 saturated heterocycles. The Morgan fingerprint density at radius 1 is 1.35 bits per heavy atom. The third-order valence-electron chi connectivity index (χ3n) is 3.52. The fraction of sp³-hybridized carbons (Fsp3) is 0.375. The van der Waals surface area contributed by atoms with Crippen molar-refractivity contribution in [2.75, 3.05) is 7.11 Å². The molecule has 4 nitrogen and oxygen atoms in total. The molecule has 0 aliphatic carbocycles. The Morgan fingerprint density at radius 2 is 2.10 bits per heavy atom. The first-order chi connectivity index (χ1) is 9.60. The van der Waals surface area contributed by atoms with E-state index in [0.29, 0.717) is 0 Å². The lowest BCUT2D eigenvalue weighted by molar-refractivity contribution is 0.411. The maximum Gasteiger partial charge on any atom is 0.123 e. The van der Waals surface area contributed by atoms with Crippen molar-refractivity contribution in [2.24, 2.45) is 0 Å². The number of nitriles is 1. The summed E-state index contributed by atoms with van der Waals surface area (Å²) in [5.74, 6) is 1.44. The molecule has 20 heavy (non-hydrogen) atoms. The van der Waals surface area contributed by atoms with Gasteiger partial charge in [0.2, 0.25) is 0 Å². The number of nitrogens with zero attached hydrogens (tertiary/aromatic N) is 2. The van der Waals surface area contributed by atoms with E-state index in [4.69, 9.17) is 10.00 Å². The van der Waals surface area contributed by atoms with Crippen LogP contribution in [0.2, 0.25) is 0 Å². The second kappa shape index (κ2) is 5.79. The lowest BCUT2D eigenvalue weighted by atomic mass is 10.0. The van der Waals surface area contributed by atoms with Gasteiger partial charge in [-0.2, -0.15) is 5.26 Å². The lowest BCUT2D eigenvalue weighted by Crippen LogP contribution is -1.96. The number of nitrogens with one attached hydrogen (secondary N) is 1. The van der Waals surface area contributed by atoms with Gasteiger partial charge in [0, 0.05) is 5.56 Å². The summed E-state index contributed by atoms with van der Waals surface area (Å²) in [5, 5.41) is 9.10. The standard InChI is InChI=1S/C16H19N3O/c1-5-12(8-17)16-18-9-14(19-16)13-6-11(3)15(20-4)7-10(13)2/h6-7,9,12H,5H2,1-4H3,(H,18,19). The summed E-state index contributed by atoms with van der Waals surface area (Å²) in [6, 6.07) is 6.37. The van der Waals surface area contributed by atoms with Crippen molar-refractivity contribution < 1.29 is 4.74 Å². The van der Waals surface area contributed by atoms with Crippen LogP contribution < -0.4 is 4.74 Å². The van der Waals surface area contributed by atoms with Gasteiger partial charge in [-0.1, -0.05) is 6.92 Å². The molecule has 1 atom stereocenters. The number of hydrogen-bond acceptors (Lipinski definition) is 3. The molecule has 0 spiro atoms. The Labute approximate surface area is 119 Å². The van der Waals surface area contributed by atoms with E-state index in [2.05, 4.69) is 22.1 Å². The van der Waals surface area contributed by atoms with Crippen molar-refractivity contribution in [3.8, 4) is 23.1 Å². The second-order valence-electron chi connectivity index (χ2n) is 4.91. The maximum absolute atomic E-state index is 9.10. The van der Waals surface area contributed by atoms with Crippen molar-refractivity contribution in [3.05, 3.63) is 35.3 Å². The predicted molar refractivity (Wildman–Crippen MR) is 78.7 cm³/mol. The number of rotatable bonds is 4. The minimum absolute atomic E-state index is 0.177. The Morgan fingerprint density at radius 3 is 2.70 bits per heavy atom. The Hall–Kier alpha value is -2.28. The number of ether oxygens (including phenoxy) is 1. The Balaban J connectivity index is 2.43. The molecular weight excluding hydrogens is 250 g/mol. The number of hydrogen-bond donors (Lipinski definition) is 1. The van der Waals surface area contributed by atoms with Gasteiger partial charge in [0.15, 0.2) is 0 Å². The summed E-state index contributed by atoms with van der Waals surface area (Å²) in [6.45, 7) is 6.04. The van der Waals surface area contributed by atoms with E-state index >= 15 is 0 Å². The minimum Gasteiger partial charge on any atom is -0.496 e. The van der Waals surface area contributed by atoms with E-state index in [1.165, 1.54) is 0 Å². The van der Waals surface area contributed by atoms with Crippen molar-refractivity contribution in [2.45, 2.75) is 33.1 Å². The van der Waals surface area contributed by atoms with E-state index in [0.717, 1.165) is 40.4 Å². The molecule has 1 heterocycles. The van der Waals surface area contributed by atoms with Crippen molar-refractivity contribution in [3.63, 3.8) is 0 Å². The van der Waals surface area contributed by atoms with Gasteiger partial charge in [0.1, 0.15) is 17.5 Å². The van der Waals surface area contributed by atoms with E-state index in [1.807, 2.05) is 26.8 Å². The highest BCUT2D eigenvalue weighted by Crippen LogP contribution is 2.30. The lowest BCUT2D eigenvalue weighted by Gasteiger charge is -2.10. The maximum atomic E-state index is 9.10. The third kappa shape index (κ3) is 2.53. The smallest absolute Gasteiger partial charge is 0.123 e. The van der Waals surface area contributed by atoms with Gasteiger partial charge in [-0.25, -0.2) is 4.98 Å². The highest BCUT2D eigenvalue weighted by molar-refractivity contribution is 5.66. The molecule has 1 N–H and O–H groups in total. The van der Waals surface area contributed by atoms with Crippen LogP contribution in [0.1, 0.15) is 36.2 Å². The van der Waals surface area contributed by atoms with E-state index in [9.17, 15) is 0 Å². The number of benzene rings is 1. The summed E-state index contributed by atoms with van der Waals surface area (Å²) >= 11 is 0. The van der Waals surface area contributed by atoms with Crippen molar-refractivity contribution >= 4 is 0 Å². The number of imidazole rings is 1. The fourth-order valence-electron chi connectivity index (χ4n) is 2.30. The first-order valence-corrected chi connectivity index (χ1v) is 6.70.